The van der Waals surface area contributed by atoms with Crippen LogP contribution in [0.1, 0.15) is 24.4 Å². The highest BCUT2D eigenvalue weighted by atomic mass is 19.1. The van der Waals surface area contributed by atoms with Crippen molar-refractivity contribution in [3.63, 3.8) is 0 Å². The smallest absolute Gasteiger partial charge is 0.238 e. The van der Waals surface area contributed by atoms with Crippen LogP contribution < -0.4 is 14.8 Å². The predicted octanol–water partition coefficient (Wildman–Crippen LogP) is 3.62. The molecular formula is C20H23FN2O3. The number of rotatable bonds is 6. The monoisotopic (exact) mass is 358 g/mol. The Bertz CT molecular complexity index is 764. The normalized spacial score (nSPS) is 17.1. The molecule has 3 rings (SSSR count). The molecule has 1 atom stereocenters. The van der Waals surface area contributed by atoms with E-state index in [2.05, 4.69) is 10.2 Å². The van der Waals surface area contributed by atoms with E-state index in [0.717, 1.165) is 24.9 Å². The zero-order chi connectivity index (χ0) is 18.5. The largest absolute Gasteiger partial charge is 0.497 e. The van der Waals surface area contributed by atoms with Crippen LogP contribution in [0.15, 0.2) is 42.5 Å². The summed E-state index contributed by atoms with van der Waals surface area (Å²) in [5.74, 6) is 0.855. The molecule has 1 aliphatic heterocycles. The highest BCUT2D eigenvalue weighted by Gasteiger charge is 2.27. The van der Waals surface area contributed by atoms with Crippen LogP contribution in [0.5, 0.6) is 11.5 Å². The van der Waals surface area contributed by atoms with Crippen LogP contribution in [0.25, 0.3) is 0 Å². The average molecular weight is 358 g/mol. The second-order valence-electron chi connectivity index (χ2n) is 6.29. The van der Waals surface area contributed by atoms with Crippen LogP contribution in [0.2, 0.25) is 0 Å². The molecule has 1 aliphatic rings. The third-order valence-electron chi connectivity index (χ3n) is 4.65. The van der Waals surface area contributed by atoms with Crippen molar-refractivity contribution in [2.45, 2.75) is 18.9 Å². The van der Waals surface area contributed by atoms with Crippen LogP contribution >= 0.6 is 0 Å². The summed E-state index contributed by atoms with van der Waals surface area (Å²) in [7, 11) is 3.13. The van der Waals surface area contributed by atoms with Gasteiger partial charge in [-0.15, -0.1) is 0 Å². The minimum atomic E-state index is -0.249. The summed E-state index contributed by atoms with van der Waals surface area (Å²) in [5, 5.41) is 2.90. The van der Waals surface area contributed by atoms with Crippen LogP contribution in [0.4, 0.5) is 10.1 Å². The van der Waals surface area contributed by atoms with Gasteiger partial charge in [0.15, 0.2) is 0 Å². The lowest BCUT2D eigenvalue weighted by atomic mass is 10.0. The molecule has 2 aromatic rings. The number of likely N-dealkylation sites (tertiary alicyclic amines) is 1. The van der Waals surface area contributed by atoms with E-state index >= 15 is 0 Å². The first kappa shape index (κ1) is 18.2. The van der Waals surface area contributed by atoms with Crippen LogP contribution in [0, 0.1) is 5.82 Å². The van der Waals surface area contributed by atoms with Gasteiger partial charge in [0.2, 0.25) is 5.91 Å². The van der Waals surface area contributed by atoms with Crippen LogP contribution in [-0.2, 0) is 4.79 Å². The summed E-state index contributed by atoms with van der Waals surface area (Å²) < 4.78 is 23.7. The SMILES string of the molecule is COc1ccc(OC)c(NC(=O)CN2CCCC2c2ccc(F)cc2)c1. The van der Waals surface area contributed by atoms with Crippen LogP contribution in [0.3, 0.4) is 0 Å². The van der Waals surface area contributed by atoms with Crippen molar-refractivity contribution in [3.8, 4) is 11.5 Å². The molecular weight excluding hydrogens is 335 g/mol. The fourth-order valence-corrected chi connectivity index (χ4v) is 3.36. The Morgan fingerprint density at radius 2 is 1.96 bits per heavy atom. The molecule has 0 spiro atoms. The Morgan fingerprint density at radius 1 is 1.19 bits per heavy atom. The number of nitrogens with zero attached hydrogens (tertiary/aromatic N) is 1. The van der Waals surface area contributed by atoms with Gasteiger partial charge in [0.1, 0.15) is 17.3 Å². The molecule has 2 aromatic carbocycles. The number of nitrogens with one attached hydrogen (secondary N) is 1. The Labute approximate surface area is 152 Å². The lowest BCUT2D eigenvalue weighted by Crippen LogP contribution is -2.33. The van der Waals surface area contributed by atoms with Gasteiger partial charge in [-0.3, -0.25) is 9.69 Å². The number of anilines is 1. The van der Waals surface area contributed by atoms with Gasteiger partial charge in [-0.1, -0.05) is 12.1 Å². The van der Waals surface area contributed by atoms with Gasteiger partial charge in [-0.25, -0.2) is 4.39 Å². The van der Waals surface area contributed by atoms with E-state index in [1.807, 2.05) is 0 Å². The molecule has 1 heterocycles. The Balaban J connectivity index is 1.68. The van der Waals surface area contributed by atoms with E-state index in [1.165, 1.54) is 12.1 Å². The Kier molecular flexibility index (Phi) is 5.73. The predicted molar refractivity (Wildman–Crippen MR) is 98.1 cm³/mol. The maximum atomic E-state index is 13.2. The number of hydrogen-bond donors (Lipinski definition) is 1. The number of carbonyl (C=O) groups is 1. The minimum Gasteiger partial charge on any atom is -0.497 e. The first-order valence-electron chi connectivity index (χ1n) is 8.62. The Hall–Kier alpha value is -2.60. The Morgan fingerprint density at radius 3 is 2.65 bits per heavy atom. The molecule has 138 valence electrons. The zero-order valence-electron chi connectivity index (χ0n) is 15.0. The lowest BCUT2D eigenvalue weighted by molar-refractivity contribution is -0.117. The van der Waals surface area contributed by atoms with Crippen molar-refractivity contribution in [1.29, 1.82) is 0 Å². The fraction of sp³-hybridized carbons (Fsp3) is 0.350. The molecule has 0 bridgehead atoms. The molecule has 1 saturated heterocycles. The summed E-state index contributed by atoms with van der Waals surface area (Å²) in [6.45, 7) is 1.10. The molecule has 0 aliphatic carbocycles. The van der Waals surface area contributed by atoms with Gasteiger partial charge < -0.3 is 14.8 Å². The summed E-state index contributed by atoms with van der Waals surface area (Å²) in [6, 6.07) is 11.9. The van der Waals surface area contributed by atoms with E-state index in [0.29, 0.717) is 17.2 Å². The molecule has 0 aromatic heterocycles. The molecule has 1 amide bonds. The highest BCUT2D eigenvalue weighted by Crippen LogP contribution is 2.32. The molecule has 0 radical (unpaired) electrons. The van der Waals surface area contributed by atoms with E-state index < -0.39 is 0 Å². The standard InChI is InChI=1S/C20H23FN2O3/c1-25-16-9-10-19(26-2)17(12-16)22-20(24)13-23-11-3-4-18(23)14-5-7-15(21)8-6-14/h5-10,12,18H,3-4,11,13H2,1-2H3,(H,22,24). The molecule has 1 fully saturated rings. The summed E-state index contributed by atoms with van der Waals surface area (Å²) in [6.07, 6.45) is 1.97. The van der Waals surface area contributed by atoms with E-state index in [1.54, 1.807) is 44.6 Å². The van der Waals surface area contributed by atoms with E-state index in [9.17, 15) is 9.18 Å². The molecule has 6 heteroatoms. The van der Waals surface area contributed by atoms with Gasteiger partial charge in [0, 0.05) is 12.1 Å². The maximum Gasteiger partial charge on any atom is 0.238 e. The first-order chi connectivity index (χ1) is 12.6. The number of ether oxygens (including phenoxy) is 2. The van der Waals surface area contributed by atoms with Crippen molar-refractivity contribution >= 4 is 11.6 Å². The molecule has 0 saturated carbocycles. The number of halogens is 1. The van der Waals surface area contributed by atoms with Crippen molar-refractivity contribution in [1.82, 2.24) is 4.90 Å². The summed E-state index contributed by atoms with van der Waals surface area (Å²) in [5.41, 5.74) is 1.62. The van der Waals surface area contributed by atoms with Gasteiger partial charge in [-0.05, 0) is 49.2 Å². The van der Waals surface area contributed by atoms with E-state index in [4.69, 9.17) is 9.47 Å². The number of carbonyl (C=O) groups excluding carboxylic acids is 1. The van der Waals surface area contributed by atoms with Crippen molar-refractivity contribution < 1.29 is 18.7 Å². The second-order valence-corrected chi connectivity index (χ2v) is 6.29. The molecule has 1 unspecified atom stereocenters. The van der Waals surface area contributed by atoms with E-state index in [-0.39, 0.29) is 24.3 Å². The van der Waals surface area contributed by atoms with Crippen molar-refractivity contribution in [2.24, 2.45) is 0 Å². The number of benzene rings is 2. The zero-order valence-corrected chi connectivity index (χ0v) is 15.0. The number of methoxy groups -OCH3 is 2. The topological polar surface area (TPSA) is 50.8 Å². The fourth-order valence-electron chi connectivity index (χ4n) is 3.36. The average Bonchev–Trinajstić information content (AvgIpc) is 3.10. The maximum absolute atomic E-state index is 13.2. The van der Waals surface area contributed by atoms with Crippen molar-refractivity contribution in [3.05, 3.63) is 53.8 Å². The van der Waals surface area contributed by atoms with Gasteiger partial charge in [0.25, 0.3) is 0 Å². The third kappa shape index (κ3) is 4.14. The van der Waals surface area contributed by atoms with Crippen molar-refractivity contribution in [2.75, 3.05) is 32.6 Å². The quantitative estimate of drug-likeness (QED) is 0.857. The highest BCUT2D eigenvalue weighted by molar-refractivity contribution is 5.94. The van der Waals surface area contributed by atoms with Gasteiger partial charge in [0.05, 0.1) is 26.5 Å². The van der Waals surface area contributed by atoms with Gasteiger partial charge in [-0.2, -0.15) is 0 Å². The summed E-state index contributed by atoms with van der Waals surface area (Å²) >= 11 is 0. The third-order valence-corrected chi connectivity index (χ3v) is 4.65. The first-order valence-corrected chi connectivity index (χ1v) is 8.62. The summed E-state index contributed by atoms with van der Waals surface area (Å²) in [4.78, 5) is 14.7. The molecule has 1 N–H and O–H groups in total. The van der Waals surface area contributed by atoms with Crippen LogP contribution in [-0.4, -0.2) is 38.1 Å². The molecule has 5 nitrogen and oxygen atoms in total. The number of amides is 1. The molecule has 26 heavy (non-hydrogen) atoms. The van der Waals surface area contributed by atoms with Gasteiger partial charge >= 0.3 is 0 Å². The minimum absolute atomic E-state index is 0.120. The number of hydrogen-bond acceptors (Lipinski definition) is 4. The second kappa shape index (κ2) is 8.19. The lowest BCUT2D eigenvalue weighted by Gasteiger charge is -2.24.